The minimum absolute atomic E-state index is 0.0265. The molecule has 3 N–H and O–H groups in total. The van der Waals surface area contributed by atoms with Crippen molar-refractivity contribution in [2.24, 2.45) is 17.8 Å². The molecule has 5 rings (SSSR count). The van der Waals surface area contributed by atoms with Gasteiger partial charge in [0.2, 0.25) is 5.91 Å². The largest absolute Gasteiger partial charge is 0.394 e. The minimum atomic E-state index is -0.250. The summed E-state index contributed by atoms with van der Waals surface area (Å²) < 4.78 is 0. The topological polar surface area (TPSA) is 78.4 Å². The van der Waals surface area contributed by atoms with E-state index in [2.05, 4.69) is 10.6 Å². The van der Waals surface area contributed by atoms with Crippen molar-refractivity contribution in [3.05, 3.63) is 29.8 Å². The second-order valence-corrected chi connectivity index (χ2v) is 10.3. The van der Waals surface area contributed by atoms with Crippen molar-refractivity contribution >= 4 is 23.6 Å². The Morgan fingerprint density at radius 1 is 1.14 bits per heavy atom. The fourth-order valence-electron chi connectivity index (χ4n) is 6.06. The van der Waals surface area contributed by atoms with Crippen LogP contribution in [-0.4, -0.2) is 40.9 Å². The van der Waals surface area contributed by atoms with Gasteiger partial charge in [0.15, 0.2) is 0 Å². The SMILES string of the molecule is CCC(CO)NC(=O)c1ccccc1SCC(=O)NC12CC3CC(CC(C3)C1)C2. The number of thioether (sulfide) groups is 1. The third-order valence-corrected chi connectivity index (χ3v) is 8.06. The van der Waals surface area contributed by atoms with Crippen LogP contribution in [0.25, 0.3) is 0 Å². The van der Waals surface area contributed by atoms with Crippen LogP contribution >= 0.6 is 11.8 Å². The first-order valence-corrected chi connectivity index (χ1v) is 11.9. The summed E-state index contributed by atoms with van der Waals surface area (Å²) in [4.78, 5) is 26.2. The average Bonchev–Trinajstić information content (AvgIpc) is 2.69. The Labute approximate surface area is 177 Å². The van der Waals surface area contributed by atoms with Crippen LogP contribution in [0.4, 0.5) is 0 Å². The van der Waals surface area contributed by atoms with Crippen LogP contribution in [0.1, 0.15) is 62.2 Å². The van der Waals surface area contributed by atoms with Crippen LogP contribution < -0.4 is 10.6 Å². The maximum Gasteiger partial charge on any atom is 0.252 e. The molecule has 1 aromatic rings. The van der Waals surface area contributed by atoms with E-state index in [1.165, 1.54) is 31.0 Å². The van der Waals surface area contributed by atoms with Crippen molar-refractivity contribution < 1.29 is 14.7 Å². The van der Waals surface area contributed by atoms with Crippen LogP contribution in [0.2, 0.25) is 0 Å². The summed E-state index contributed by atoms with van der Waals surface area (Å²) in [7, 11) is 0. The van der Waals surface area contributed by atoms with Gasteiger partial charge in [0.25, 0.3) is 5.91 Å². The molecule has 1 aromatic carbocycles. The summed E-state index contributed by atoms with van der Waals surface area (Å²) in [6, 6.07) is 7.13. The molecule has 4 aliphatic rings. The Bertz CT molecular complexity index is 727. The quantitative estimate of drug-likeness (QED) is 0.568. The van der Waals surface area contributed by atoms with Crippen LogP contribution in [-0.2, 0) is 4.79 Å². The molecule has 0 aromatic heterocycles. The van der Waals surface area contributed by atoms with E-state index in [9.17, 15) is 14.7 Å². The summed E-state index contributed by atoms with van der Waals surface area (Å²) in [5, 5.41) is 15.6. The molecule has 4 saturated carbocycles. The summed E-state index contributed by atoms with van der Waals surface area (Å²) >= 11 is 1.42. The molecule has 4 fully saturated rings. The van der Waals surface area contributed by atoms with Crippen molar-refractivity contribution in [2.45, 2.75) is 68.3 Å². The van der Waals surface area contributed by atoms with Crippen LogP contribution in [0, 0.1) is 17.8 Å². The van der Waals surface area contributed by atoms with Gasteiger partial charge in [-0.2, -0.15) is 0 Å². The first kappa shape index (κ1) is 20.7. The molecule has 2 amide bonds. The summed E-state index contributed by atoms with van der Waals surface area (Å²) in [6.07, 6.45) is 8.19. The van der Waals surface area contributed by atoms with Gasteiger partial charge in [-0.05, 0) is 74.8 Å². The standard InChI is InChI=1S/C23H32N2O3S/c1-2-18(13-26)24-22(28)19-5-3-4-6-20(19)29-14-21(27)25-23-10-15-7-16(11-23)9-17(8-15)12-23/h3-6,15-18,26H,2,7-14H2,1H3,(H,24,28)(H,25,27). The molecule has 5 nitrogen and oxygen atoms in total. The average molecular weight is 417 g/mol. The highest BCUT2D eigenvalue weighted by Crippen LogP contribution is 2.55. The lowest BCUT2D eigenvalue weighted by Gasteiger charge is -2.56. The molecule has 0 saturated heterocycles. The fraction of sp³-hybridized carbons (Fsp3) is 0.652. The predicted octanol–water partition coefficient (Wildman–Crippen LogP) is 3.36. The second-order valence-electron chi connectivity index (χ2n) is 9.29. The van der Waals surface area contributed by atoms with Crippen molar-refractivity contribution in [1.82, 2.24) is 10.6 Å². The lowest BCUT2D eigenvalue weighted by molar-refractivity contribution is -0.124. The third-order valence-electron chi connectivity index (χ3n) is 6.98. The van der Waals surface area contributed by atoms with Gasteiger partial charge in [-0.3, -0.25) is 9.59 Å². The van der Waals surface area contributed by atoms with E-state index in [-0.39, 0.29) is 30.0 Å². The Kier molecular flexibility index (Phi) is 6.21. The lowest BCUT2D eigenvalue weighted by atomic mass is 9.53. The normalized spacial score (nSPS) is 30.8. The van der Waals surface area contributed by atoms with Crippen molar-refractivity contribution in [2.75, 3.05) is 12.4 Å². The van der Waals surface area contributed by atoms with E-state index in [1.54, 1.807) is 6.07 Å². The molecular weight excluding hydrogens is 384 g/mol. The van der Waals surface area contributed by atoms with Gasteiger partial charge in [0, 0.05) is 10.4 Å². The van der Waals surface area contributed by atoms with Crippen molar-refractivity contribution in [1.29, 1.82) is 0 Å². The number of benzene rings is 1. The van der Waals surface area contributed by atoms with Gasteiger partial charge in [0.05, 0.1) is 24.0 Å². The number of rotatable bonds is 8. The predicted molar refractivity (Wildman–Crippen MR) is 115 cm³/mol. The number of hydrogen-bond acceptors (Lipinski definition) is 4. The molecular formula is C23H32N2O3S. The van der Waals surface area contributed by atoms with E-state index in [4.69, 9.17) is 0 Å². The monoisotopic (exact) mass is 416 g/mol. The molecule has 0 radical (unpaired) electrons. The van der Waals surface area contributed by atoms with Gasteiger partial charge in [-0.15, -0.1) is 11.8 Å². The first-order valence-electron chi connectivity index (χ1n) is 10.9. The van der Waals surface area contributed by atoms with E-state index in [0.29, 0.717) is 17.7 Å². The molecule has 158 valence electrons. The van der Waals surface area contributed by atoms with E-state index in [1.807, 2.05) is 25.1 Å². The van der Waals surface area contributed by atoms with Crippen molar-refractivity contribution in [3.63, 3.8) is 0 Å². The van der Waals surface area contributed by atoms with Gasteiger partial charge in [-0.25, -0.2) is 0 Å². The highest BCUT2D eigenvalue weighted by atomic mass is 32.2. The Morgan fingerprint density at radius 2 is 1.76 bits per heavy atom. The second kappa shape index (κ2) is 8.68. The Hall–Kier alpha value is -1.53. The Morgan fingerprint density at radius 3 is 2.34 bits per heavy atom. The Balaban J connectivity index is 1.36. The zero-order valence-electron chi connectivity index (χ0n) is 17.2. The number of carbonyl (C=O) groups excluding carboxylic acids is 2. The number of aliphatic hydroxyl groups excluding tert-OH is 1. The molecule has 29 heavy (non-hydrogen) atoms. The molecule has 1 atom stereocenters. The van der Waals surface area contributed by atoms with Crippen LogP contribution in [0.15, 0.2) is 29.2 Å². The van der Waals surface area contributed by atoms with Gasteiger partial charge in [0.1, 0.15) is 0 Å². The highest BCUT2D eigenvalue weighted by Gasteiger charge is 2.51. The zero-order chi connectivity index (χ0) is 20.4. The molecule has 6 heteroatoms. The number of carbonyl (C=O) groups is 2. The summed E-state index contributed by atoms with van der Waals surface area (Å²) in [5.41, 5.74) is 0.589. The number of nitrogens with one attached hydrogen (secondary N) is 2. The molecule has 4 aliphatic carbocycles. The number of aliphatic hydroxyl groups is 1. The fourth-order valence-corrected chi connectivity index (χ4v) is 6.91. The van der Waals surface area contributed by atoms with E-state index >= 15 is 0 Å². The molecule has 0 heterocycles. The molecule has 0 aliphatic heterocycles. The lowest BCUT2D eigenvalue weighted by Crippen LogP contribution is -2.60. The van der Waals surface area contributed by atoms with Crippen molar-refractivity contribution in [3.8, 4) is 0 Å². The maximum atomic E-state index is 12.8. The summed E-state index contributed by atoms with van der Waals surface area (Å²) in [5.74, 6) is 2.61. The minimum Gasteiger partial charge on any atom is -0.394 e. The summed E-state index contributed by atoms with van der Waals surface area (Å²) in [6.45, 7) is 1.85. The zero-order valence-corrected chi connectivity index (χ0v) is 18.0. The molecule has 0 spiro atoms. The van der Waals surface area contributed by atoms with E-state index in [0.717, 1.165) is 41.9 Å². The van der Waals surface area contributed by atoms with Crippen LogP contribution in [0.5, 0.6) is 0 Å². The first-order chi connectivity index (χ1) is 14.0. The van der Waals surface area contributed by atoms with Gasteiger partial charge >= 0.3 is 0 Å². The molecule has 4 bridgehead atoms. The number of hydrogen-bond donors (Lipinski definition) is 3. The molecule has 1 unspecified atom stereocenters. The van der Waals surface area contributed by atoms with Gasteiger partial charge in [-0.1, -0.05) is 19.1 Å². The van der Waals surface area contributed by atoms with Gasteiger partial charge < -0.3 is 15.7 Å². The highest BCUT2D eigenvalue weighted by molar-refractivity contribution is 8.00. The van der Waals surface area contributed by atoms with Crippen LogP contribution in [0.3, 0.4) is 0 Å². The number of amides is 2. The smallest absolute Gasteiger partial charge is 0.252 e. The third kappa shape index (κ3) is 4.64. The van der Waals surface area contributed by atoms with E-state index < -0.39 is 0 Å². The maximum absolute atomic E-state index is 12.8.